The van der Waals surface area contributed by atoms with Gasteiger partial charge in [-0.25, -0.2) is 4.79 Å². The number of carbonyl (C=O) groups excluding carboxylic acids is 1. The average molecular weight is 251 g/mol. The molecule has 0 spiro atoms. The second-order valence-corrected chi connectivity index (χ2v) is 4.58. The van der Waals surface area contributed by atoms with Crippen LogP contribution in [0.3, 0.4) is 0 Å². The highest BCUT2D eigenvalue weighted by Crippen LogP contribution is 2.18. The van der Waals surface area contributed by atoms with Gasteiger partial charge < -0.3 is 14.8 Å². The van der Waals surface area contributed by atoms with Gasteiger partial charge in [0, 0.05) is 5.69 Å². The first kappa shape index (κ1) is 14.4. The van der Waals surface area contributed by atoms with Crippen molar-refractivity contribution in [3.8, 4) is 5.75 Å². The van der Waals surface area contributed by atoms with Crippen LogP contribution in [-0.2, 0) is 9.53 Å². The van der Waals surface area contributed by atoms with Crippen molar-refractivity contribution >= 4 is 11.7 Å². The molecule has 1 atom stereocenters. The minimum Gasteiger partial charge on any atom is -0.497 e. The summed E-state index contributed by atoms with van der Waals surface area (Å²) in [5.74, 6) is 0.971. The van der Waals surface area contributed by atoms with Gasteiger partial charge in [0.15, 0.2) is 0 Å². The maximum absolute atomic E-state index is 11.7. The standard InChI is InChI=1S/C14H21NO3/c1-10(2)9-13(14(16)18-4)15-11-5-7-12(17-3)8-6-11/h5-8,10,13,15H,9H2,1-4H3. The van der Waals surface area contributed by atoms with Crippen LogP contribution < -0.4 is 10.1 Å². The molecule has 4 heteroatoms. The van der Waals surface area contributed by atoms with Crippen LogP contribution in [0.15, 0.2) is 24.3 Å². The molecule has 0 aromatic heterocycles. The quantitative estimate of drug-likeness (QED) is 0.790. The summed E-state index contributed by atoms with van der Waals surface area (Å²) < 4.78 is 9.89. The number of rotatable bonds is 6. The lowest BCUT2D eigenvalue weighted by Crippen LogP contribution is -2.32. The van der Waals surface area contributed by atoms with Crippen molar-refractivity contribution in [1.82, 2.24) is 0 Å². The smallest absolute Gasteiger partial charge is 0.328 e. The van der Waals surface area contributed by atoms with Gasteiger partial charge in [-0.1, -0.05) is 13.8 Å². The van der Waals surface area contributed by atoms with E-state index in [1.807, 2.05) is 24.3 Å². The van der Waals surface area contributed by atoms with Gasteiger partial charge in [0.05, 0.1) is 14.2 Å². The fourth-order valence-electron chi connectivity index (χ4n) is 1.72. The van der Waals surface area contributed by atoms with E-state index >= 15 is 0 Å². The van der Waals surface area contributed by atoms with Gasteiger partial charge in [0.25, 0.3) is 0 Å². The summed E-state index contributed by atoms with van der Waals surface area (Å²) in [6.45, 7) is 4.15. The monoisotopic (exact) mass is 251 g/mol. The molecule has 0 radical (unpaired) electrons. The average Bonchev–Trinajstić information content (AvgIpc) is 2.37. The molecule has 0 aliphatic carbocycles. The largest absolute Gasteiger partial charge is 0.497 e. The molecule has 1 aromatic rings. The van der Waals surface area contributed by atoms with Gasteiger partial charge in [0.1, 0.15) is 11.8 Å². The maximum Gasteiger partial charge on any atom is 0.328 e. The Balaban J connectivity index is 2.72. The molecule has 0 aliphatic rings. The third-order valence-electron chi connectivity index (χ3n) is 2.62. The van der Waals surface area contributed by atoms with Crippen LogP contribution in [0.4, 0.5) is 5.69 Å². The van der Waals surface area contributed by atoms with Crippen LogP contribution in [0.25, 0.3) is 0 Å². The number of ether oxygens (including phenoxy) is 2. The Morgan fingerprint density at radius 2 is 1.83 bits per heavy atom. The van der Waals surface area contributed by atoms with E-state index < -0.39 is 0 Å². The summed E-state index contributed by atoms with van der Waals surface area (Å²) in [6.07, 6.45) is 0.735. The molecule has 0 amide bonds. The molecule has 4 nitrogen and oxygen atoms in total. The number of nitrogens with one attached hydrogen (secondary N) is 1. The SMILES string of the molecule is COC(=O)C(CC(C)C)Nc1ccc(OC)cc1. The third kappa shape index (κ3) is 4.28. The van der Waals surface area contributed by atoms with E-state index in [2.05, 4.69) is 19.2 Å². The lowest BCUT2D eigenvalue weighted by atomic mass is 10.0. The van der Waals surface area contributed by atoms with E-state index in [-0.39, 0.29) is 12.0 Å². The van der Waals surface area contributed by atoms with Crippen molar-refractivity contribution in [1.29, 1.82) is 0 Å². The van der Waals surface area contributed by atoms with E-state index in [9.17, 15) is 4.79 Å². The van der Waals surface area contributed by atoms with Crippen LogP contribution in [0.5, 0.6) is 5.75 Å². The van der Waals surface area contributed by atoms with E-state index in [4.69, 9.17) is 9.47 Å². The third-order valence-corrected chi connectivity index (χ3v) is 2.62. The molecule has 1 aromatic carbocycles. The van der Waals surface area contributed by atoms with Crippen LogP contribution >= 0.6 is 0 Å². The van der Waals surface area contributed by atoms with Crippen molar-refractivity contribution in [2.24, 2.45) is 5.92 Å². The number of hydrogen-bond donors (Lipinski definition) is 1. The summed E-state index contributed by atoms with van der Waals surface area (Å²) in [6, 6.07) is 7.16. The zero-order valence-corrected chi connectivity index (χ0v) is 11.4. The molecular formula is C14H21NO3. The molecule has 1 rings (SSSR count). The zero-order chi connectivity index (χ0) is 13.5. The zero-order valence-electron chi connectivity index (χ0n) is 11.4. The second-order valence-electron chi connectivity index (χ2n) is 4.58. The highest BCUT2D eigenvalue weighted by molar-refractivity contribution is 5.79. The van der Waals surface area contributed by atoms with Gasteiger partial charge >= 0.3 is 5.97 Å². The number of hydrogen-bond acceptors (Lipinski definition) is 4. The van der Waals surface area contributed by atoms with Crippen LogP contribution in [0.1, 0.15) is 20.3 Å². The molecule has 0 saturated carbocycles. The highest BCUT2D eigenvalue weighted by Gasteiger charge is 2.20. The minimum absolute atomic E-state index is 0.237. The number of benzene rings is 1. The van der Waals surface area contributed by atoms with Crippen molar-refractivity contribution in [3.63, 3.8) is 0 Å². The molecule has 1 N–H and O–H groups in total. The molecule has 0 heterocycles. The molecule has 18 heavy (non-hydrogen) atoms. The molecule has 0 fully saturated rings. The Morgan fingerprint density at radius 3 is 2.28 bits per heavy atom. The second kappa shape index (κ2) is 6.89. The van der Waals surface area contributed by atoms with E-state index in [0.29, 0.717) is 5.92 Å². The summed E-state index contributed by atoms with van der Waals surface area (Å²) in [4.78, 5) is 11.7. The summed E-state index contributed by atoms with van der Waals surface area (Å²) in [7, 11) is 3.03. The highest BCUT2D eigenvalue weighted by atomic mass is 16.5. The van der Waals surface area contributed by atoms with Gasteiger partial charge in [-0.05, 0) is 36.6 Å². The topological polar surface area (TPSA) is 47.6 Å². The Bertz CT molecular complexity index is 373. The molecule has 0 saturated heterocycles. The fourth-order valence-corrected chi connectivity index (χ4v) is 1.72. The van der Waals surface area contributed by atoms with Crippen molar-refractivity contribution in [3.05, 3.63) is 24.3 Å². The Hall–Kier alpha value is -1.71. The summed E-state index contributed by atoms with van der Waals surface area (Å²) >= 11 is 0. The summed E-state index contributed by atoms with van der Waals surface area (Å²) in [5.41, 5.74) is 0.881. The minimum atomic E-state index is -0.316. The van der Waals surface area contributed by atoms with Crippen LogP contribution in [0.2, 0.25) is 0 Å². The first-order valence-electron chi connectivity index (χ1n) is 6.05. The molecular weight excluding hydrogens is 230 g/mol. The Labute approximate surface area is 108 Å². The predicted molar refractivity (Wildman–Crippen MR) is 71.9 cm³/mol. The molecule has 0 bridgehead atoms. The van der Waals surface area contributed by atoms with Crippen molar-refractivity contribution in [2.45, 2.75) is 26.3 Å². The first-order chi connectivity index (χ1) is 8.56. The maximum atomic E-state index is 11.7. The number of methoxy groups -OCH3 is 2. The number of carbonyl (C=O) groups is 1. The number of anilines is 1. The normalized spacial score (nSPS) is 12.1. The fraction of sp³-hybridized carbons (Fsp3) is 0.500. The first-order valence-corrected chi connectivity index (χ1v) is 6.05. The predicted octanol–water partition coefficient (Wildman–Crippen LogP) is 2.69. The van der Waals surface area contributed by atoms with Gasteiger partial charge in [-0.2, -0.15) is 0 Å². The Morgan fingerprint density at radius 1 is 1.22 bits per heavy atom. The number of esters is 1. The van der Waals surface area contributed by atoms with Crippen molar-refractivity contribution in [2.75, 3.05) is 19.5 Å². The van der Waals surface area contributed by atoms with E-state index in [0.717, 1.165) is 17.9 Å². The van der Waals surface area contributed by atoms with Gasteiger partial charge in [0.2, 0.25) is 0 Å². The van der Waals surface area contributed by atoms with Gasteiger partial charge in [-0.15, -0.1) is 0 Å². The van der Waals surface area contributed by atoms with Crippen LogP contribution in [0, 0.1) is 5.92 Å². The lowest BCUT2D eigenvalue weighted by molar-refractivity contribution is -0.141. The van der Waals surface area contributed by atoms with E-state index in [1.165, 1.54) is 7.11 Å². The lowest BCUT2D eigenvalue weighted by Gasteiger charge is -2.19. The molecule has 0 aliphatic heterocycles. The molecule has 100 valence electrons. The van der Waals surface area contributed by atoms with Gasteiger partial charge in [-0.3, -0.25) is 0 Å². The Kier molecular flexibility index (Phi) is 5.49. The van der Waals surface area contributed by atoms with Crippen molar-refractivity contribution < 1.29 is 14.3 Å². The summed E-state index contributed by atoms with van der Waals surface area (Å²) in [5, 5.41) is 3.18. The van der Waals surface area contributed by atoms with E-state index in [1.54, 1.807) is 7.11 Å². The molecule has 1 unspecified atom stereocenters. The van der Waals surface area contributed by atoms with Crippen LogP contribution in [-0.4, -0.2) is 26.2 Å².